The number of halogens is 1. The lowest BCUT2D eigenvalue weighted by Gasteiger charge is -2.32. The summed E-state index contributed by atoms with van der Waals surface area (Å²) in [5, 5.41) is 0.778. The third kappa shape index (κ3) is 3.97. The van der Waals surface area contributed by atoms with Crippen LogP contribution < -0.4 is 4.74 Å². The Labute approximate surface area is 166 Å². The predicted molar refractivity (Wildman–Crippen MR) is 119 cm³/mol. The van der Waals surface area contributed by atoms with Gasteiger partial charge in [0, 0.05) is 21.6 Å². The molecule has 2 rings (SSSR count). The van der Waals surface area contributed by atoms with Crippen LogP contribution in [-0.2, 0) is 10.8 Å². The standard InChI is InChI=1S/C23H35ClOSi/c1-15-11-16(12-20(15)26(8,9)10)23(5,6)19-14-17(24)13-18(21(19)25-7)22(2,3)4/h11-14,20H,1-10H3. The highest BCUT2D eigenvalue weighted by Gasteiger charge is 2.37. The first-order valence-corrected chi connectivity index (χ1v) is 13.4. The summed E-state index contributed by atoms with van der Waals surface area (Å²) in [6.45, 7) is 20.8. The van der Waals surface area contributed by atoms with Gasteiger partial charge in [-0.15, -0.1) is 0 Å². The molecule has 0 fully saturated rings. The first-order valence-electron chi connectivity index (χ1n) is 9.48. The molecule has 1 aliphatic carbocycles. The van der Waals surface area contributed by atoms with Gasteiger partial charge in [0.2, 0.25) is 0 Å². The van der Waals surface area contributed by atoms with Crippen molar-refractivity contribution in [2.75, 3.05) is 7.11 Å². The van der Waals surface area contributed by atoms with E-state index in [4.69, 9.17) is 16.3 Å². The van der Waals surface area contributed by atoms with E-state index in [1.807, 2.05) is 0 Å². The zero-order valence-corrected chi connectivity index (χ0v) is 19.9. The van der Waals surface area contributed by atoms with Gasteiger partial charge in [0.05, 0.1) is 15.2 Å². The van der Waals surface area contributed by atoms with Gasteiger partial charge in [-0.05, 0) is 35.6 Å². The average Bonchev–Trinajstić information content (AvgIpc) is 2.88. The van der Waals surface area contributed by atoms with Gasteiger partial charge < -0.3 is 4.74 Å². The van der Waals surface area contributed by atoms with Crippen molar-refractivity contribution in [2.45, 2.75) is 77.6 Å². The Morgan fingerprint density at radius 2 is 1.54 bits per heavy atom. The highest BCUT2D eigenvalue weighted by Crippen LogP contribution is 2.48. The van der Waals surface area contributed by atoms with Crippen LogP contribution in [0.15, 0.2) is 35.4 Å². The summed E-state index contributed by atoms with van der Waals surface area (Å²) in [6, 6.07) is 4.14. The molecule has 1 nitrogen and oxygen atoms in total. The molecule has 0 aromatic heterocycles. The Hall–Kier alpha value is -0.993. The van der Waals surface area contributed by atoms with E-state index in [1.165, 1.54) is 16.7 Å². The van der Waals surface area contributed by atoms with Crippen LogP contribution in [0.2, 0.25) is 30.2 Å². The fourth-order valence-corrected chi connectivity index (χ4v) is 6.35. The summed E-state index contributed by atoms with van der Waals surface area (Å²) >= 11 is 6.54. The third-order valence-corrected chi connectivity index (χ3v) is 8.32. The monoisotopic (exact) mass is 390 g/mol. The maximum Gasteiger partial charge on any atom is 0.126 e. The van der Waals surface area contributed by atoms with Crippen LogP contribution in [0, 0.1) is 0 Å². The maximum atomic E-state index is 6.54. The number of hydrogen-bond acceptors (Lipinski definition) is 1. The van der Waals surface area contributed by atoms with Crippen LogP contribution in [0.25, 0.3) is 0 Å². The normalized spacial score (nSPS) is 18.7. The summed E-state index contributed by atoms with van der Waals surface area (Å²) < 4.78 is 5.93. The second-order valence-electron chi connectivity index (χ2n) is 10.3. The van der Waals surface area contributed by atoms with E-state index in [0.717, 1.165) is 16.3 Å². The molecule has 0 radical (unpaired) electrons. The molecule has 0 saturated carbocycles. The number of hydrogen-bond donors (Lipinski definition) is 0. The number of allylic oxidation sites excluding steroid dienone is 4. The van der Waals surface area contributed by atoms with E-state index in [2.05, 4.69) is 85.5 Å². The lowest BCUT2D eigenvalue weighted by molar-refractivity contribution is 0.384. The second-order valence-corrected chi connectivity index (χ2v) is 16.1. The highest BCUT2D eigenvalue weighted by molar-refractivity contribution is 6.78. The van der Waals surface area contributed by atoms with Crippen molar-refractivity contribution < 1.29 is 4.74 Å². The molecule has 0 N–H and O–H groups in total. The molecule has 26 heavy (non-hydrogen) atoms. The van der Waals surface area contributed by atoms with Crippen LogP contribution in [0.4, 0.5) is 0 Å². The van der Waals surface area contributed by atoms with Gasteiger partial charge in [-0.2, -0.15) is 0 Å². The number of methoxy groups -OCH3 is 1. The molecule has 0 spiro atoms. The van der Waals surface area contributed by atoms with Gasteiger partial charge in [0.25, 0.3) is 0 Å². The summed E-state index contributed by atoms with van der Waals surface area (Å²) in [7, 11) is 0.486. The Balaban J connectivity index is 2.66. The largest absolute Gasteiger partial charge is 0.496 e. The molecule has 0 heterocycles. The van der Waals surface area contributed by atoms with Crippen LogP contribution in [0.1, 0.15) is 52.7 Å². The molecular weight excluding hydrogens is 356 g/mol. The lowest BCUT2D eigenvalue weighted by Crippen LogP contribution is -2.27. The van der Waals surface area contributed by atoms with Gasteiger partial charge in [-0.1, -0.05) is 83.6 Å². The van der Waals surface area contributed by atoms with E-state index in [0.29, 0.717) is 5.54 Å². The Morgan fingerprint density at radius 3 is 1.96 bits per heavy atom. The van der Waals surface area contributed by atoms with Gasteiger partial charge in [0.15, 0.2) is 0 Å². The van der Waals surface area contributed by atoms with Crippen molar-refractivity contribution in [1.82, 2.24) is 0 Å². The molecule has 1 aliphatic rings. The van der Waals surface area contributed by atoms with E-state index < -0.39 is 8.07 Å². The van der Waals surface area contributed by atoms with E-state index >= 15 is 0 Å². The van der Waals surface area contributed by atoms with Gasteiger partial charge in [0.1, 0.15) is 5.75 Å². The molecule has 1 atom stereocenters. The average molecular weight is 391 g/mol. The second kappa shape index (κ2) is 6.87. The molecule has 1 aromatic carbocycles. The minimum Gasteiger partial charge on any atom is -0.496 e. The zero-order chi connectivity index (χ0) is 20.1. The van der Waals surface area contributed by atoms with Crippen molar-refractivity contribution in [3.05, 3.63) is 51.6 Å². The topological polar surface area (TPSA) is 9.23 Å². The molecule has 0 amide bonds. The van der Waals surface area contributed by atoms with Crippen molar-refractivity contribution in [3.8, 4) is 5.75 Å². The molecule has 1 aromatic rings. The molecule has 1 unspecified atom stereocenters. The number of ether oxygens (including phenoxy) is 1. The summed E-state index contributed by atoms with van der Waals surface area (Å²) in [4.78, 5) is 0. The van der Waals surface area contributed by atoms with Crippen LogP contribution in [-0.4, -0.2) is 15.2 Å². The molecule has 0 aliphatic heterocycles. The van der Waals surface area contributed by atoms with Gasteiger partial charge in [-0.25, -0.2) is 0 Å². The van der Waals surface area contributed by atoms with Gasteiger partial charge in [-0.3, -0.25) is 0 Å². The van der Waals surface area contributed by atoms with Crippen LogP contribution >= 0.6 is 11.6 Å². The predicted octanol–water partition coefficient (Wildman–Crippen LogP) is 7.52. The minimum absolute atomic E-state index is 0.0300. The highest BCUT2D eigenvalue weighted by atomic mass is 35.5. The smallest absolute Gasteiger partial charge is 0.126 e. The fourth-order valence-electron chi connectivity index (χ4n) is 4.01. The SMILES string of the molecule is COc1c(C(C)(C)C)cc(Cl)cc1C(C)(C)C1=CC([Si](C)(C)C)C(C)=C1. The molecule has 0 saturated heterocycles. The Kier molecular flexibility index (Phi) is 5.63. The molecule has 0 bridgehead atoms. The molecular formula is C23H35ClOSi. The van der Waals surface area contributed by atoms with Crippen molar-refractivity contribution >= 4 is 19.7 Å². The fraction of sp³-hybridized carbons (Fsp3) is 0.565. The summed E-state index contributed by atoms with van der Waals surface area (Å²) in [5.74, 6) is 0.968. The van der Waals surface area contributed by atoms with Crippen molar-refractivity contribution in [2.24, 2.45) is 0 Å². The van der Waals surface area contributed by atoms with E-state index in [-0.39, 0.29) is 10.8 Å². The minimum atomic E-state index is -1.28. The molecule has 3 heteroatoms. The number of rotatable bonds is 4. The molecule has 144 valence electrons. The van der Waals surface area contributed by atoms with E-state index in [1.54, 1.807) is 7.11 Å². The van der Waals surface area contributed by atoms with E-state index in [9.17, 15) is 0 Å². The quantitative estimate of drug-likeness (QED) is 0.483. The Bertz CT molecular complexity index is 758. The number of benzene rings is 1. The third-order valence-electron chi connectivity index (χ3n) is 5.61. The van der Waals surface area contributed by atoms with Crippen molar-refractivity contribution in [3.63, 3.8) is 0 Å². The van der Waals surface area contributed by atoms with Gasteiger partial charge >= 0.3 is 0 Å². The zero-order valence-electron chi connectivity index (χ0n) is 18.2. The lowest BCUT2D eigenvalue weighted by atomic mass is 9.74. The summed E-state index contributed by atoms with van der Waals surface area (Å²) in [5.41, 5.74) is 5.61. The first kappa shape index (κ1) is 21.3. The Morgan fingerprint density at radius 1 is 1.00 bits per heavy atom. The first-order chi connectivity index (χ1) is 11.7. The van der Waals surface area contributed by atoms with Crippen molar-refractivity contribution in [1.29, 1.82) is 0 Å². The van der Waals surface area contributed by atoms with Crippen LogP contribution in [0.3, 0.4) is 0 Å². The maximum absolute atomic E-state index is 6.54. The summed E-state index contributed by atoms with van der Waals surface area (Å²) in [6.07, 6.45) is 4.89. The van der Waals surface area contributed by atoms with Crippen LogP contribution in [0.5, 0.6) is 5.75 Å².